The molecule has 9 heteroatoms. The summed E-state index contributed by atoms with van der Waals surface area (Å²) in [6.45, 7) is 0. The molecule has 1 atom stereocenters. The highest BCUT2D eigenvalue weighted by molar-refractivity contribution is 7.13. The predicted molar refractivity (Wildman–Crippen MR) is 90.4 cm³/mol. The van der Waals surface area contributed by atoms with E-state index in [-0.39, 0.29) is 11.3 Å². The maximum absolute atomic E-state index is 13.5. The number of carbonyl (C=O) groups excluding carboxylic acids is 2. The number of nitrogens with zero attached hydrogens (tertiary/aromatic N) is 1. The Balaban J connectivity index is 1.83. The molecular formula is C17H13F2N3O3S. The van der Waals surface area contributed by atoms with Crippen molar-refractivity contribution in [2.75, 3.05) is 7.05 Å². The third-order valence-electron chi connectivity index (χ3n) is 3.57. The summed E-state index contributed by atoms with van der Waals surface area (Å²) >= 11 is 1.42. The van der Waals surface area contributed by atoms with E-state index in [1.165, 1.54) is 30.5 Å². The predicted octanol–water partition coefficient (Wildman–Crippen LogP) is 2.90. The first-order chi connectivity index (χ1) is 12.5. The summed E-state index contributed by atoms with van der Waals surface area (Å²) in [5.41, 5.74) is 0.0588. The van der Waals surface area contributed by atoms with Crippen LogP contribution in [0.4, 0.5) is 8.78 Å². The van der Waals surface area contributed by atoms with Crippen LogP contribution >= 0.6 is 11.3 Å². The second-order valence-corrected chi connectivity index (χ2v) is 6.20. The van der Waals surface area contributed by atoms with Gasteiger partial charge in [0.05, 0.1) is 4.88 Å². The first-order valence-corrected chi connectivity index (χ1v) is 8.35. The SMILES string of the molecule is CNC(=O)C(NC(=O)c1cc(-c2cccs2)on1)c1ccc(F)c(F)c1. The van der Waals surface area contributed by atoms with Crippen LogP contribution < -0.4 is 10.6 Å². The lowest BCUT2D eigenvalue weighted by atomic mass is 10.1. The number of benzene rings is 1. The first-order valence-electron chi connectivity index (χ1n) is 7.47. The zero-order valence-electron chi connectivity index (χ0n) is 13.5. The van der Waals surface area contributed by atoms with Crippen LogP contribution in [0.2, 0.25) is 0 Å². The van der Waals surface area contributed by atoms with Crippen LogP contribution in [0, 0.1) is 11.6 Å². The van der Waals surface area contributed by atoms with E-state index < -0.39 is 29.5 Å². The molecule has 0 bridgehead atoms. The topological polar surface area (TPSA) is 84.2 Å². The molecular weight excluding hydrogens is 364 g/mol. The lowest BCUT2D eigenvalue weighted by Gasteiger charge is -2.17. The normalized spacial score (nSPS) is 11.8. The molecule has 134 valence electrons. The van der Waals surface area contributed by atoms with Crippen LogP contribution in [0.1, 0.15) is 22.1 Å². The molecule has 3 rings (SSSR count). The number of hydrogen-bond donors (Lipinski definition) is 2. The molecule has 2 N–H and O–H groups in total. The number of aromatic nitrogens is 1. The molecule has 0 aliphatic carbocycles. The molecule has 0 saturated heterocycles. The second kappa shape index (κ2) is 7.44. The van der Waals surface area contributed by atoms with Gasteiger partial charge in [-0.1, -0.05) is 17.3 Å². The molecule has 2 amide bonds. The minimum Gasteiger partial charge on any atom is -0.357 e. The number of carbonyl (C=O) groups is 2. The fraction of sp³-hybridized carbons (Fsp3) is 0.118. The van der Waals surface area contributed by atoms with Gasteiger partial charge in [-0.15, -0.1) is 11.3 Å². The van der Waals surface area contributed by atoms with E-state index in [4.69, 9.17) is 4.52 Å². The van der Waals surface area contributed by atoms with Crippen molar-refractivity contribution in [3.63, 3.8) is 0 Å². The number of likely N-dealkylation sites (N-methyl/N-ethyl adjacent to an activating group) is 1. The number of hydrogen-bond acceptors (Lipinski definition) is 5. The third kappa shape index (κ3) is 3.62. The van der Waals surface area contributed by atoms with Gasteiger partial charge in [-0.05, 0) is 29.1 Å². The highest BCUT2D eigenvalue weighted by Gasteiger charge is 2.25. The van der Waals surface area contributed by atoms with E-state index in [0.29, 0.717) is 5.76 Å². The highest BCUT2D eigenvalue weighted by Crippen LogP contribution is 2.25. The van der Waals surface area contributed by atoms with E-state index in [1.807, 2.05) is 17.5 Å². The van der Waals surface area contributed by atoms with Gasteiger partial charge in [0.2, 0.25) is 5.91 Å². The van der Waals surface area contributed by atoms with E-state index in [9.17, 15) is 18.4 Å². The maximum atomic E-state index is 13.5. The van der Waals surface area contributed by atoms with Crippen molar-refractivity contribution in [3.8, 4) is 10.6 Å². The Morgan fingerprint density at radius 3 is 2.65 bits per heavy atom. The van der Waals surface area contributed by atoms with Gasteiger partial charge in [0.1, 0.15) is 6.04 Å². The quantitative estimate of drug-likeness (QED) is 0.716. The summed E-state index contributed by atoms with van der Waals surface area (Å²) in [5.74, 6) is -3.03. The Labute approximate surface area is 150 Å². The van der Waals surface area contributed by atoms with Crippen LogP contribution in [0.25, 0.3) is 10.6 Å². The van der Waals surface area contributed by atoms with E-state index >= 15 is 0 Å². The summed E-state index contributed by atoms with van der Waals surface area (Å²) < 4.78 is 31.7. The Morgan fingerprint density at radius 2 is 2.00 bits per heavy atom. The zero-order valence-corrected chi connectivity index (χ0v) is 14.3. The Hall–Kier alpha value is -3.07. The summed E-state index contributed by atoms with van der Waals surface area (Å²) in [4.78, 5) is 25.3. The molecule has 0 aliphatic heterocycles. The number of nitrogens with one attached hydrogen (secondary N) is 2. The third-order valence-corrected chi connectivity index (χ3v) is 4.45. The van der Waals surface area contributed by atoms with Crippen LogP contribution in [0.15, 0.2) is 46.3 Å². The van der Waals surface area contributed by atoms with Gasteiger partial charge < -0.3 is 15.2 Å². The highest BCUT2D eigenvalue weighted by atomic mass is 32.1. The summed E-state index contributed by atoms with van der Waals surface area (Å²) in [6.07, 6.45) is 0. The summed E-state index contributed by atoms with van der Waals surface area (Å²) in [6, 6.07) is 6.82. The molecule has 0 spiro atoms. The molecule has 0 saturated carbocycles. The van der Waals surface area contributed by atoms with E-state index in [2.05, 4.69) is 15.8 Å². The molecule has 26 heavy (non-hydrogen) atoms. The van der Waals surface area contributed by atoms with Crippen molar-refractivity contribution in [2.24, 2.45) is 0 Å². The van der Waals surface area contributed by atoms with Gasteiger partial charge in [0.25, 0.3) is 5.91 Å². The number of thiophene rings is 1. The molecule has 2 aromatic heterocycles. The molecule has 0 fully saturated rings. The molecule has 1 unspecified atom stereocenters. The average Bonchev–Trinajstić information content (AvgIpc) is 3.32. The Kier molecular flexibility index (Phi) is 5.08. The molecule has 3 aromatic rings. The van der Waals surface area contributed by atoms with Crippen LogP contribution in [-0.4, -0.2) is 24.0 Å². The number of amides is 2. The fourth-order valence-electron chi connectivity index (χ4n) is 2.26. The molecule has 1 aromatic carbocycles. The fourth-order valence-corrected chi connectivity index (χ4v) is 2.93. The van der Waals surface area contributed by atoms with Crippen molar-refractivity contribution >= 4 is 23.2 Å². The number of halogens is 2. The van der Waals surface area contributed by atoms with Crippen molar-refractivity contribution in [3.05, 3.63) is 64.7 Å². The first kappa shape index (κ1) is 17.7. The molecule has 2 heterocycles. The molecule has 0 radical (unpaired) electrons. The zero-order chi connectivity index (χ0) is 18.7. The van der Waals surface area contributed by atoms with Crippen LogP contribution in [0.5, 0.6) is 0 Å². The van der Waals surface area contributed by atoms with Crippen LogP contribution in [-0.2, 0) is 4.79 Å². The van der Waals surface area contributed by atoms with Crippen molar-refractivity contribution in [1.82, 2.24) is 15.8 Å². The molecule has 6 nitrogen and oxygen atoms in total. The smallest absolute Gasteiger partial charge is 0.274 e. The monoisotopic (exact) mass is 377 g/mol. The Morgan fingerprint density at radius 1 is 1.19 bits per heavy atom. The molecule has 0 aliphatic rings. The lowest BCUT2D eigenvalue weighted by Crippen LogP contribution is -2.39. The van der Waals surface area contributed by atoms with Gasteiger partial charge in [-0.3, -0.25) is 9.59 Å². The average molecular weight is 377 g/mol. The summed E-state index contributed by atoms with van der Waals surface area (Å²) in [7, 11) is 1.37. The van der Waals surface area contributed by atoms with Gasteiger partial charge in [-0.25, -0.2) is 8.78 Å². The largest absolute Gasteiger partial charge is 0.357 e. The van der Waals surface area contributed by atoms with Gasteiger partial charge >= 0.3 is 0 Å². The minimum absolute atomic E-state index is 0.0371. The van der Waals surface area contributed by atoms with Crippen LogP contribution in [0.3, 0.4) is 0 Å². The Bertz CT molecular complexity index is 941. The lowest BCUT2D eigenvalue weighted by molar-refractivity contribution is -0.122. The standard InChI is InChI=1S/C17H13F2N3O3S/c1-20-17(24)15(9-4-5-10(18)11(19)7-9)21-16(23)12-8-13(25-22-12)14-3-2-6-26-14/h2-8,15H,1H3,(H,20,24)(H,21,23). The van der Waals surface area contributed by atoms with E-state index in [0.717, 1.165) is 17.0 Å². The van der Waals surface area contributed by atoms with Gasteiger partial charge in [0.15, 0.2) is 23.1 Å². The second-order valence-electron chi connectivity index (χ2n) is 5.25. The maximum Gasteiger partial charge on any atom is 0.274 e. The van der Waals surface area contributed by atoms with Gasteiger partial charge in [0, 0.05) is 13.1 Å². The van der Waals surface area contributed by atoms with Gasteiger partial charge in [-0.2, -0.15) is 0 Å². The van der Waals surface area contributed by atoms with Crippen molar-refractivity contribution < 1.29 is 22.9 Å². The summed E-state index contributed by atoms with van der Waals surface area (Å²) in [5, 5.41) is 10.4. The van der Waals surface area contributed by atoms with E-state index in [1.54, 1.807) is 0 Å². The van der Waals surface area contributed by atoms with Crippen molar-refractivity contribution in [2.45, 2.75) is 6.04 Å². The van der Waals surface area contributed by atoms with Crippen molar-refractivity contribution in [1.29, 1.82) is 0 Å². The minimum atomic E-state index is -1.22. The number of rotatable bonds is 5.